The normalized spacial score (nSPS) is 22.4. The molecule has 0 saturated carbocycles. The number of esters is 1. The first kappa shape index (κ1) is 20.2. The molecule has 2 fully saturated rings. The maximum Gasteiger partial charge on any atom is 0.324 e. The fourth-order valence-electron chi connectivity index (χ4n) is 3.43. The second-order valence-electron chi connectivity index (χ2n) is 6.84. The maximum atomic E-state index is 12.5. The van der Waals surface area contributed by atoms with Gasteiger partial charge in [0.2, 0.25) is 10.0 Å². The molecule has 7 nitrogen and oxygen atoms in total. The van der Waals surface area contributed by atoms with E-state index in [0.717, 1.165) is 38.5 Å². The second-order valence-corrected chi connectivity index (χ2v) is 8.88. The molecule has 1 amide bonds. The van der Waals surface area contributed by atoms with Gasteiger partial charge in [-0.15, -0.1) is 0 Å². The standard InChI is InChI=1S/C17H30N2O5S/c1-2-3-9-15(19-12-8-13-25(19,22)23)17(21)24-14-16(20)18-10-6-4-5-7-11-18/h15H,2-14H2,1H3. The van der Waals surface area contributed by atoms with Crippen molar-refractivity contribution in [3.8, 4) is 0 Å². The third kappa shape index (κ3) is 5.67. The molecule has 2 saturated heterocycles. The van der Waals surface area contributed by atoms with Crippen LogP contribution in [0.4, 0.5) is 0 Å². The summed E-state index contributed by atoms with van der Waals surface area (Å²) in [6.07, 6.45) is 6.77. The van der Waals surface area contributed by atoms with Crippen molar-refractivity contribution < 1.29 is 22.7 Å². The summed E-state index contributed by atoms with van der Waals surface area (Å²) < 4.78 is 30.8. The lowest BCUT2D eigenvalue weighted by molar-refractivity contribution is -0.155. The Bertz CT molecular complexity index is 555. The highest BCUT2D eigenvalue weighted by Gasteiger charge is 2.39. The summed E-state index contributed by atoms with van der Waals surface area (Å²) in [6, 6.07) is -0.801. The Morgan fingerprint density at radius 1 is 1.04 bits per heavy atom. The lowest BCUT2D eigenvalue weighted by Gasteiger charge is -2.25. The van der Waals surface area contributed by atoms with Crippen LogP contribution in [0.25, 0.3) is 0 Å². The number of hydrogen-bond donors (Lipinski definition) is 0. The minimum absolute atomic E-state index is 0.0790. The topological polar surface area (TPSA) is 84.0 Å². The fourth-order valence-corrected chi connectivity index (χ4v) is 5.14. The summed E-state index contributed by atoms with van der Waals surface area (Å²) in [7, 11) is -3.39. The molecule has 25 heavy (non-hydrogen) atoms. The van der Waals surface area contributed by atoms with Gasteiger partial charge in [-0.2, -0.15) is 4.31 Å². The Hall–Kier alpha value is -1.15. The van der Waals surface area contributed by atoms with Gasteiger partial charge in [0.05, 0.1) is 5.75 Å². The van der Waals surface area contributed by atoms with Crippen LogP contribution in [0.2, 0.25) is 0 Å². The predicted molar refractivity (Wildman–Crippen MR) is 94.4 cm³/mol. The Morgan fingerprint density at radius 2 is 1.72 bits per heavy atom. The van der Waals surface area contributed by atoms with Crippen LogP contribution in [-0.4, -0.2) is 67.5 Å². The van der Waals surface area contributed by atoms with Crippen LogP contribution in [0.3, 0.4) is 0 Å². The Kier molecular flexibility index (Phi) is 7.68. The molecular formula is C17H30N2O5S. The first-order valence-corrected chi connectivity index (χ1v) is 11.0. The molecule has 2 rings (SSSR count). The number of likely N-dealkylation sites (tertiary alicyclic amines) is 1. The lowest BCUT2D eigenvalue weighted by atomic mass is 10.1. The molecule has 0 bridgehead atoms. The van der Waals surface area contributed by atoms with Gasteiger partial charge >= 0.3 is 5.97 Å². The first-order valence-electron chi connectivity index (χ1n) is 9.39. The Balaban J connectivity index is 1.93. The van der Waals surface area contributed by atoms with Gasteiger partial charge in [-0.05, 0) is 25.7 Å². The largest absolute Gasteiger partial charge is 0.454 e. The van der Waals surface area contributed by atoms with E-state index < -0.39 is 22.0 Å². The molecule has 2 aliphatic heterocycles. The molecular weight excluding hydrogens is 344 g/mol. The van der Waals surface area contributed by atoms with E-state index in [1.807, 2.05) is 6.92 Å². The average Bonchev–Trinajstić information content (AvgIpc) is 2.80. The van der Waals surface area contributed by atoms with E-state index in [0.29, 0.717) is 32.5 Å². The van der Waals surface area contributed by atoms with Crippen LogP contribution in [0.15, 0.2) is 0 Å². The number of rotatable bonds is 7. The van der Waals surface area contributed by atoms with Crippen LogP contribution in [0.1, 0.15) is 58.3 Å². The molecule has 0 aromatic heterocycles. The van der Waals surface area contributed by atoms with Crippen LogP contribution in [-0.2, 0) is 24.3 Å². The van der Waals surface area contributed by atoms with Gasteiger partial charge in [-0.25, -0.2) is 8.42 Å². The van der Waals surface area contributed by atoms with E-state index in [9.17, 15) is 18.0 Å². The highest BCUT2D eigenvalue weighted by atomic mass is 32.2. The van der Waals surface area contributed by atoms with Gasteiger partial charge in [0.15, 0.2) is 6.61 Å². The van der Waals surface area contributed by atoms with Gasteiger partial charge in [0.1, 0.15) is 6.04 Å². The molecule has 0 aromatic rings. The van der Waals surface area contributed by atoms with Crippen LogP contribution in [0, 0.1) is 0 Å². The smallest absolute Gasteiger partial charge is 0.324 e. The minimum Gasteiger partial charge on any atom is -0.454 e. The van der Waals surface area contributed by atoms with E-state index >= 15 is 0 Å². The molecule has 2 aliphatic rings. The number of unbranched alkanes of at least 4 members (excludes halogenated alkanes) is 1. The number of ether oxygens (including phenoxy) is 1. The molecule has 0 aromatic carbocycles. The van der Waals surface area contributed by atoms with Crippen molar-refractivity contribution in [1.82, 2.24) is 9.21 Å². The van der Waals surface area contributed by atoms with E-state index in [4.69, 9.17) is 4.74 Å². The van der Waals surface area contributed by atoms with Gasteiger partial charge in [0.25, 0.3) is 5.91 Å². The number of hydrogen-bond acceptors (Lipinski definition) is 5. The third-order valence-electron chi connectivity index (χ3n) is 4.89. The Labute approximate surface area is 150 Å². The summed E-state index contributed by atoms with van der Waals surface area (Å²) in [4.78, 5) is 26.5. The van der Waals surface area contributed by atoms with Gasteiger partial charge in [-0.1, -0.05) is 32.6 Å². The summed E-state index contributed by atoms with van der Waals surface area (Å²) in [5, 5.41) is 0. The minimum atomic E-state index is -3.39. The van der Waals surface area contributed by atoms with Crippen molar-refractivity contribution in [2.75, 3.05) is 32.0 Å². The zero-order valence-corrected chi connectivity index (χ0v) is 15.9. The van der Waals surface area contributed by atoms with Crippen molar-refractivity contribution >= 4 is 21.9 Å². The molecule has 8 heteroatoms. The highest BCUT2D eigenvalue weighted by molar-refractivity contribution is 7.89. The Morgan fingerprint density at radius 3 is 2.28 bits per heavy atom. The number of amides is 1. The van der Waals surface area contributed by atoms with E-state index in [-0.39, 0.29) is 18.3 Å². The molecule has 0 N–H and O–H groups in total. The van der Waals surface area contributed by atoms with Crippen molar-refractivity contribution in [2.24, 2.45) is 0 Å². The average molecular weight is 375 g/mol. The van der Waals surface area contributed by atoms with Crippen molar-refractivity contribution in [1.29, 1.82) is 0 Å². The predicted octanol–water partition coefficient (Wildman–Crippen LogP) is 1.53. The molecule has 2 heterocycles. The van der Waals surface area contributed by atoms with Crippen LogP contribution >= 0.6 is 0 Å². The van der Waals surface area contributed by atoms with Gasteiger partial charge in [0, 0.05) is 19.6 Å². The van der Waals surface area contributed by atoms with Crippen molar-refractivity contribution in [3.63, 3.8) is 0 Å². The fraction of sp³-hybridized carbons (Fsp3) is 0.882. The number of carbonyl (C=O) groups is 2. The van der Waals surface area contributed by atoms with E-state index in [1.165, 1.54) is 4.31 Å². The van der Waals surface area contributed by atoms with Crippen LogP contribution < -0.4 is 0 Å². The summed E-state index contributed by atoms with van der Waals surface area (Å²) in [5.74, 6) is -0.703. The molecule has 0 radical (unpaired) electrons. The molecule has 0 aliphatic carbocycles. The lowest BCUT2D eigenvalue weighted by Crippen LogP contribution is -2.44. The van der Waals surface area contributed by atoms with Crippen molar-refractivity contribution in [3.05, 3.63) is 0 Å². The number of sulfonamides is 1. The second kappa shape index (κ2) is 9.52. The van der Waals surface area contributed by atoms with E-state index in [2.05, 4.69) is 0 Å². The zero-order chi connectivity index (χ0) is 18.3. The van der Waals surface area contributed by atoms with Crippen LogP contribution in [0.5, 0.6) is 0 Å². The molecule has 144 valence electrons. The summed E-state index contributed by atoms with van der Waals surface area (Å²) in [6.45, 7) is 3.46. The quantitative estimate of drug-likeness (QED) is 0.631. The van der Waals surface area contributed by atoms with Gasteiger partial charge < -0.3 is 9.64 Å². The monoisotopic (exact) mass is 374 g/mol. The number of nitrogens with zero attached hydrogens (tertiary/aromatic N) is 2. The third-order valence-corrected chi connectivity index (χ3v) is 6.84. The SMILES string of the molecule is CCCCC(C(=O)OCC(=O)N1CCCCCC1)N1CCCS1(=O)=O. The number of carbonyl (C=O) groups excluding carboxylic acids is 2. The highest BCUT2D eigenvalue weighted by Crippen LogP contribution is 2.22. The summed E-state index contributed by atoms with van der Waals surface area (Å²) in [5.41, 5.74) is 0. The molecule has 1 atom stereocenters. The van der Waals surface area contributed by atoms with E-state index in [1.54, 1.807) is 4.90 Å². The van der Waals surface area contributed by atoms with Gasteiger partial charge in [-0.3, -0.25) is 9.59 Å². The zero-order valence-electron chi connectivity index (χ0n) is 15.1. The maximum absolute atomic E-state index is 12.5. The van der Waals surface area contributed by atoms with Crippen molar-refractivity contribution in [2.45, 2.75) is 64.3 Å². The molecule has 1 unspecified atom stereocenters. The first-order chi connectivity index (χ1) is 12.0. The summed E-state index contributed by atoms with van der Waals surface area (Å²) >= 11 is 0. The molecule has 0 spiro atoms.